The molecule has 0 aliphatic carbocycles. The van der Waals surface area contributed by atoms with E-state index in [1.807, 2.05) is 0 Å². The molecule has 0 spiro atoms. The molecule has 1 aromatic heterocycles. The first kappa shape index (κ1) is 8.60. The van der Waals surface area contributed by atoms with E-state index in [1.54, 1.807) is 0 Å². The Kier molecular flexibility index (Phi) is 2.02. The lowest BCUT2D eigenvalue weighted by Gasteiger charge is -2.20. The molecular formula is C10H17N3. The summed E-state index contributed by atoms with van der Waals surface area (Å²) in [5.41, 5.74) is 7.07. The molecule has 0 saturated heterocycles. The van der Waals surface area contributed by atoms with Crippen LogP contribution in [0.2, 0.25) is 0 Å². The minimum Gasteiger partial charge on any atom is -0.384 e. The van der Waals surface area contributed by atoms with Crippen LogP contribution in [0, 0.1) is 0 Å². The van der Waals surface area contributed by atoms with Crippen LogP contribution in [-0.2, 0) is 13.0 Å². The van der Waals surface area contributed by atoms with Crippen LogP contribution in [0.15, 0.2) is 0 Å². The summed E-state index contributed by atoms with van der Waals surface area (Å²) in [6, 6.07) is 0. The fourth-order valence-electron chi connectivity index (χ4n) is 2.09. The Bertz CT molecular complexity index is 314. The van der Waals surface area contributed by atoms with Crippen molar-refractivity contribution in [2.75, 3.05) is 5.73 Å². The highest BCUT2D eigenvalue weighted by Gasteiger charge is 2.21. The van der Waals surface area contributed by atoms with E-state index >= 15 is 0 Å². The largest absolute Gasteiger partial charge is 0.384 e. The smallest absolute Gasteiger partial charge is 0.126 e. The molecule has 1 atom stereocenters. The molecule has 0 radical (unpaired) electrons. The van der Waals surface area contributed by atoms with Crippen molar-refractivity contribution in [2.45, 2.75) is 45.6 Å². The monoisotopic (exact) mass is 179 g/mol. The van der Waals surface area contributed by atoms with Gasteiger partial charge in [0.2, 0.25) is 0 Å². The summed E-state index contributed by atoms with van der Waals surface area (Å²) in [5.74, 6) is 2.67. The zero-order chi connectivity index (χ0) is 9.42. The molecule has 0 aromatic carbocycles. The first-order valence-electron chi connectivity index (χ1n) is 5.08. The van der Waals surface area contributed by atoms with Crippen molar-refractivity contribution in [2.24, 2.45) is 0 Å². The topological polar surface area (TPSA) is 43.8 Å². The first-order valence-corrected chi connectivity index (χ1v) is 5.08. The molecule has 72 valence electrons. The van der Waals surface area contributed by atoms with Gasteiger partial charge in [0.05, 0.1) is 5.69 Å². The summed E-state index contributed by atoms with van der Waals surface area (Å²) in [6.07, 6.45) is 3.43. The van der Waals surface area contributed by atoms with Crippen molar-refractivity contribution in [3.63, 3.8) is 0 Å². The van der Waals surface area contributed by atoms with Crippen LogP contribution in [0.25, 0.3) is 0 Å². The number of imidazole rings is 1. The summed E-state index contributed by atoms with van der Waals surface area (Å²) in [7, 11) is 0. The van der Waals surface area contributed by atoms with Crippen molar-refractivity contribution >= 4 is 5.82 Å². The third-order valence-corrected chi connectivity index (χ3v) is 2.91. The van der Waals surface area contributed by atoms with Gasteiger partial charge in [0, 0.05) is 12.5 Å². The highest BCUT2D eigenvalue weighted by atomic mass is 15.2. The van der Waals surface area contributed by atoms with Crippen molar-refractivity contribution in [1.82, 2.24) is 9.55 Å². The summed E-state index contributed by atoms with van der Waals surface area (Å²) in [5, 5.41) is 0. The molecule has 0 amide bonds. The molecule has 1 aliphatic heterocycles. The van der Waals surface area contributed by atoms with Crippen LogP contribution in [0.5, 0.6) is 0 Å². The van der Waals surface area contributed by atoms with Crippen LogP contribution < -0.4 is 5.73 Å². The summed E-state index contributed by atoms with van der Waals surface area (Å²) in [4.78, 5) is 4.59. The Morgan fingerprint density at radius 1 is 1.62 bits per heavy atom. The number of hydrogen-bond donors (Lipinski definition) is 1. The van der Waals surface area contributed by atoms with Crippen molar-refractivity contribution < 1.29 is 0 Å². The van der Waals surface area contributed by atoms with Crippen LogP contribution in [0.1, 0.15) is 44.1 Å². The number of rotatable bonds is 1. The van der Waals surface area contributed by atoms with Gasteiger partial charge in [-0.2, -0.15) is 0 Å². The van der Waals surface area contributed by atoms with Gasteiger partial charge < -0.3 is 10.3 Å². The maximum Gasteiger partial charge on any atom is 0.126 e. The SMILES string of the molecule is CCc1nc2n(c1N)CCCC2C. The van der Waals surface area contributed by atoms with Gasteiger partial charge in [0.25, 0.3) is 0 Å². The first-order chi connectivity index (χ1) is 6.24. The van der Waals surface area contributed by atoms with E-state index in [9.17, 15) is 0 Å². The Balaban J connectivity index is 2.48. The molecule has 3 nitrogen and oxygen atoms in total. The Morgan fingerprint density at radius 3 is 3.00 bits per heavy atom. The standard InChI is InChI=1S/C10H17N3/c1-3-8-9(11)13-6-4-5-7(2)10(13)12-8/h7H,3-6,11H2,1-2H3. The van der Waals surface area contributed by atoms with E-state index < -0.39 is 0 Å². The van der Waals surface area contributed by atoms with Gasteiger partial charge in [-0.05, 0) is 19.3 Å². The highest BCUT2D eigenvalue weighted by molar-refractivity contribution is 5.39. The van der Waals surface area contributed by atoms with Gasteiger partial charge in [-0.15, -0.1) is 0 Å². The number of hydrogen-bond acceptors (Lipinski definition) is 2. The van der Waals surface area contributed by atoms with Crippen molar-refractivity contribution in [1.29, 1.82) is 0 Å². The number of nitrogen functional groups attached to an aromatic ring is 1. The summed E-state index contributed by atoms with van der Waals surface area (Å²) >= 11 is 0. The predicted octanol–water partition coefficient (Wildman–Crippen LogP) is 1.93. The second kappa shape index (κ2) is 3.05. The third-order valence-electron chi connectivity index (χ3n) is 2.91. The Morgan fingerprint density at radius 2 is 2.38 bits per heavy atom. The zero-order valence-corrected chi connectivity index (χ0v) is 8.38. The fourth-order valence-corrected chi connectivity index (χ4v) is 2.09. The van der Waals surface area contributed by atoms with Crippen LogP contribution in [-0.4, -0.2) is 9.55 Å². The predicted molar refractivity (Wildman–Crippen MR) is 53.7 cm³/mol. The van der Waals surface area contributed by atoms with E-state index in [2.05, 4.69) is 23.4 Å². The molecule has 3 heteroatoms. The van der Waals surface area contributed by atoms with Crippen molar-refractivity contribution in [3.05, 3.63) is 11.5 Å². The lowest BCUT2D eigenvalue weighted by Crippen LogP contribution is -2.15. The third kappa shape index (κ3) is 1.23. The molecule has 1 unspecified atom stereocenters. The molecule has 2 N–H and O–H groups in total. The number of nitrogens with two attached hydrogens (primary N) is 1. The second-order valence-electron chi connectivity index (χ2n) is 3.85. The maximum atomic E-state index is 6.00. The van der Waals surface area contributed by atoms with Gasteiger partial charge in [0.1, 0.15) is 11.6 Å². The summed E-state index contributed by atoms with van der Waals surface area (Å²) < 4.78 is 2.19. The average molecular weight is 179 g/mol. The van der Waals surface area contributed by atoms with E-state index in [1.165, 1.54) is 18.7 Å². The lowest BCUT2D eigenvalue weighted by molar-refractivity contribution is 0.467. The van der Waals surface area contributed by atoms with E-state index in [0.29, 0.717) is 5.92 Å². The maximum absolute atomic E-state index is 6.00. The van der Waals surface area contributed by atoms with Crippen LogP contribution in [0.4, 0.5) is 5.82 Å². The summed E-state index contributed by atoms with van der Waals surface area (Å²) in [6.45, 7) is 5.39. The number of anilines is 1. The van der Waals surface area contributed by atoms with Gasteiger partial charge in [0.15, 0.2) is 0 Å². The molecule has 13 heavy (non-hydrogen) atoms. The number of aromatic nitrogens is 2. The van der Waals surface area contributed by atoms with Gasteiger partial charge in [-0.3, -0.25) is 0 Å². The minimum atomic E-state index is 0.580. The van der Waals surface area contributed by atoms with E-state index in [4.69, 9.17) is 5.73 Å². The quantitative estimate of drug-likeness (QED) is 0.715. The zero-order valence-electron chi connectivity index (χ0n) is 8.38. The highest BCUT2D eigenvalue weighted by Crippen LogP contribution is 2.29. The molecule has 0 fully saturated rings. The number of fused-ring (bicyclic) bond motifs is 1. The molecule has 2 rings (SSSR count). The van der Waals surface area contributed by atoms with E-state index in [-0.39, 0.29) is 0 Å². The molecule has 0 saturated carbocycles. The lowest BCUT2D eigenvalue weighted by atomic mass is 10.0. The van der Waals surface area contributed by atoms with Gasteiger partial charge >= 0.3 is 0 Å². The van der Waals surface area contributed by atoms with Crippen LogP contribution >= 0.6 is 0 Å². The fraction of sp³-hybridized carbons (Fsp3) is 0.700. The Hall–Kier alpha value is -0.990. The van der Waals surface area contributed by atoms with Crippen LogP contribution in [0.3, 0.4) is 0 Å². The van der Waals surface area contributed by atoms with Gasteiger partial charge in [-0.25, -0.2) is 4.98 Å². The van der Waals surface area contributed by atoms with E-state index in [0.717, 1.165) is 24.5 Å². The number of aryl methyl sites for hydroxylation is 1. The molecule has 1 aromatic rings. The average Bonchev–Trinajstić information content (AvgIpc) is 2.45. The molecule has 1 aliphatic rings. The van der Waals surface area contributed by atoms with Crippen molar-refractivity contribution in [3.8, 4) is 0 Å². The normalized spacial score (nSPS) is 21.5. The minimum absolute atomic E-state index is 0.580. The second-order valence-corrected chi connectivity index (χ2v) is 3.85. The number of nitrogens with zero attached hydrogens (tertiary/aromatic N) is 2. The Labute approximate surface area is 79.0 Å². The molecule has 0 bridgehead atoms. The molecular weight excluding hydrogens is 162 g/mol. The van der Waals surface area contributed by atoms with Gasteiger partial charge in [-0.1, -0.05) is 13.8 Å². The molecule has 2 heterocycles.